The van der Waals surface area contributed by atoms with Gasteiger partial charge in [-0.15, -0.1) is 0 Å². The van der Waals surface area contributed by atoms with Crippen LogP contribution in [0.4, 0.5) is 0 Å². The van der Waals surface area contributed by atoms with Crippen LogP contribution >= 0.6 is 0 Å². The maximum absolute atomic E-state index is 12.3. The molecule has 108 valence electrons. The van der Waals surface area contributed by atoms with Gasteiger partial charge in [-0.2, -0.15) is 0 Å². The zero-order valence-electron chi connectivity index (χ0n) is 11.9. The molecule has 0 saturated heterocycles. The Kier molecular flexibility index (Phi) is 3.09. The van der Waals surface area contributed by atoms with Crippen LogP contribution < -0.4 is 4.74 Å². The van der Waals surface area contributed by atoms with Gasteiger partial charge in [0.05, 0.1) is 6.42 Å². The molecule has 1 heterocycles. The van der Waals surface area contributed by atoms with Crippen molar-refractivity contribution in [3.8, 4) is 17.2 Å². The number of Topliss-reactive ketones (excluding diaryl/α,β-unsaturated/α-hetero) is 1. The molecular weight excluding hydrogens is 268 g/mol. The van der Waals surface area contributed by atoms with Crippen molar-refractivity contribution in [3.63, 3.8) is 0 Å². The van der Waals surface area contributed by atoms with E-state index >= 15 is 0 Å². The average Bonchev–Trinajstić information content (AvgIpc) is 2.44. The molecule has 0 amide bonds. The molecule has 1 unspecified atom stereocenters. The second kappa shape index (κ2) is 4.81. The summed E-state index contributed by atoms with van der Waals surface area (Å²) < 4.78 is 5.88. The molecular formula is C17H16O4. The number of carbonyl (C=O) groups excluding carboxylic acids is 1. The summed E-state index contributed by atoms with van der Waals surface area (Å²) in [5.41, 5.74) is 2.66. The fourth-order valence-corrected chi connectivity index (χ4v) is 2.57. The van der Waals surface area contributed by atoms with E-state index < -0.39 is 6.10 Å². The topological polar surface area (TPSA) is 66.8 Å². The van der Waals surface area contributed by atoms with E-state index in [-0.39, 0.29) is 35.0 Å². The monoisotopic (exact) mass is 284 g/mol. The highest BCUT2D eigenvalue weighted by molar-refractivity contribution is 6.03. The Labute approximate surface area is 122 Å². The number of hydrogen-bond acceptors (Lipinski definition) is 4. The van der Waals surface area contributed by atoms with Crippen molar-refractivity contribution >= 4 is 5.78 Å². The highest BCUT2D eigenvalue weighted by Crippen LogP contribution is 2.44. The van der Waals surface area contributed by atoms with Crippen LogP contribution in [0.1, 0.15) is 39.6 Å². The van der Waals surface area contributed by atoms with Gasteiger partial charge in [-0.25, -0.2) is 0 Å². The number of rotatable bonds is 1. The number of carbonyl (C=O) groups is 1. The maximum atomic E-state index is 12.3. The summed E-state index contributed by atoms with van der Waals surface area (Å²) in [6.07, 6.45) is -0.223. The van der Waals surface area contributed by atoms with Gasteiger partial charge in [0, 0.05) is 11.6 Å². The molecule has 0 spiro atoms. The molecule has 0 radical (unpaired) electrons. The van der Waals surface area contributed by atoms with Crippen molar-refractivity contribution < 1.29 is 19.7 Å². The van der Waals surface area contributed by atoms with Crippen LogP contribution in [0.15, 0.2) is 30.3 Å². The highest BCUT2D eigenvalue weighted by Gasteiger charge is 2.32. The summed E-state index contributed by atoms with van der Waals surface area (Å²) in [7, 11) is 0. The van der Waals surface area contributed by atoms with Crippen LogP contribution in [-0.2, 0) is 0 Å². The molecule has 1 aliphatic rings. The Morgan fingerprint density at radius 3 is 2.43 bits per heavy atom. The Morgan fingerprint density at radius 1 is 1.10 bits per heavy atom. The number of fused-ring (bicyclic) bond motifs is 1. The minimum Gasteiger partial charge on any atom is -0.507 e. The minimum atomic E-state index is -0.398. The largest absolute Gasteiger partial charge is 0.507 e. The zero-order valence-corrected chi connectivity index (χ0v) is 11.9. The van der Waals surface area contributed by atoms with Crippen molar-refractivity contribution in [1.29, 1.82) is 0 Å². The molecule has 2 aromatic rings. The van der Waals surface area contributed by atoms with Gasteiger partial charge in [-0.05, 0) is 19.4 Å². The van der Waals surface area contributed by atoms with Gasteiger partial charge in [0.15, 0.2) is 5.78 Å². The molecule has 0 aromatic heterocycles. The molecule has 0 bridgehead atoms. The van der Waals surface area contributed by atoms with Gasteiger partial charge in [-0.1, -0.05) is 29.8 Å². The summed E-state index contributed by atoms with van der Waals surface area (Å²) in [5.74, 6) is -0.221. The standard InChI is InChI=1S/C17H16O4/c1-9-3-5-11(6-4-9)15-8-14(20)16-13(19)7-12(18)10(2)17(16)21-15/h3-7,15,18-19H,8H2,1-2H3. The van der Waals surface area contributed by atoms with Crippen LogP contribution in [-0.4, -0.2) is 16.0 Å². The number of aromatic hydroxyl groups is 2. The Bertz CT molecular complexity index is 717. The van der Waals surface area contributed by atoms with Gasteiger partial charge in [0.25, 0.3) is 0 Å². The predicted octanol–water partition coefficient (Wildman–Crippen LogP) is 3.42. The van der Waals surface area contributed by atoms with Crippen molar-refractivity contribution in [1.82, 2.24) is 0 Å². The Balaban J connectivity index is 2.06. The van der Waals surface area contributed by atoms with Gasteiger partial charge < -0.3 is 14.9 Å². The SMILES string of the molecule is Cc1ccc(C2CC(=O)c3c(O)cc(O)c(C)c3O2)cc1. The second-order valence-electron chi connectivity index (χ2n) is 5.39. The van der Waals surface area contributed by atoms with E-state index in [1.807, 2.05) is 31.2 Å². The summed E-state index contributed by atoms with van der Waals surface area (Å²) in [6, 6.07) is 8.96. The summed E-state index contributed by atoms with van der Waals surface area (Å²) in [5, 5.41) is 19.6. The van der Waals surface area contributed by atoms with E-state index in [0.29, 0.717) is 5.56 Å². The normalized spacial score (nSPS) is 17.2. The van der Waals surface area contributed by atoms with E-state index in [0.717, 1.165) is 11.1 Å². The van der Waals surface area contributed by atoms with Crippen molar-refractivity contribution in [3.05, 3.63) is 52.6 Å². The van der Waals surface area contributed by atoms with Crippen LogP contribution in [0.5, 0.6) is 17.2 Å². The predicted molar refractivity (Wildman–Crippen MR) is 78.0 cm³/mol. The van der Waals surface area contributed by atoms with Crippen LogP contribution in [0.2, 0.25) is 0 Å². The number of benzene rings is 2. The first-order chi connectivity index (χ1) is 9.97. The molecule has 3 rings (SSSR count). The number of phenols is 2. The molecule has 0 fully saturated rings. The molecule has 4 heteroatoms. The van der Waals surface area contributed by atoms with Crippen LogP contribution in [0.3, 0.4) is 0 Å². The molecule has 2 aromatic carbocycles. The van der Waals surface area contributed by atoms with Gasteiger partial charge in [-0.3, -0.25) is 4.79 Å². The summed E-state index contributed by atoms with van der Waals surface area (Å²) in [6.45, 7) is 3.66. The summed E-state index contributed by atoms with van der Waals surface area (Å²) in [4.78, 5) is 12.3. The molecule has 4 nitrogen and oxygen atoms in total. The van der Waals surface area contributed by atoms with Crippen molar-refractivity contribution in [2.24, 2.45) is 0 Å². The fraction of sp³-hybridized carbons (Fsp3) is 0.235. The number of phenolic OH excluding ortho intramolecular Hbond substituents is 2. The summed E-state index contributed by atoms with van der Waals surface area (Å²) >= 11 is 0. The smallest absolute Gasteiger partial charge is 0.174 e. The number of hydrogen-bond donors (Lipinski definition) is 2. The Morgan fingerprint density at radius 2 is 1.76 bits per heavy atom. The number of aryl methyl sites for hydroxylation is 1. The van der Waals surface area contributed by atoms with Crippen LogP contribution in [0, 0.1) is 13.8 Å². The molecule has 0 saturated carbocycles. The van der Waals surface area contributed by atoms with Crippen LogP contribution in [0.25, 0.3) is 0 Å². The van der Waals surface area contributed by atoms with E-state index in [1.54, 1.807) is 6.92 Å². The van der Waals surface area contributed by atoms with E-state index in [4.69, 9.17) is 4.74 Å². The lowest BCUT2D eigenvalue weighted by Gasteiger charge is -2.27. The maximum Gasteiger partial charge on any atom is 0.174 e. The Hall–Kier alpha value is -2.49. The molecule has 21 heavy (non-hydrogen) atoms. The first-order valence-electron chi connectivity index (χ1n) is 6.79. The quantitative estimate of drug-likeness (QED) is 0.842. The third-order valence-corrected chi connectivity index (χ3v) is 3.84. The van der Waals surface area contributed by atoms with Gasteiger partial charge in [0.1, 0.15) is 28.9 Å². The zero-order chi connectivity index (χ0) is 15.1. The first-order valence-corrected chi connectivity index (χ1v) is 6.79. The first kappa shape index (κ1) is 13.5. The molecule has 1 aliphatic heterocycles. The van der Waals surface area contributed by atoms with Crippen molar-refractivity contribution in [2.45, 2.75) is 26.4 Å². The number of ketones is 1. The third-order valence-electron chi connectivity index (χ3n) is 3.84. The lowest BCUT2D eigenvalue weighted by molar-refractivity contribution is 0.0843. The second-order valence-corrected chi connectivity index (χ2v) is 5.39. The average molecular weight is 284 g/mol. The minimum absolute atomic E-state index is 0.0800. The van der Waals surface area contributed by atoms with E-state index in [1.165, 1.54) is 6.07 Å². The molecule has 1 atom stereocenters. The highest BCUT2D eigenvalue weighted by atomic mass is 16.5. The van der Waals surface area contributed by atoms with Gasteiger partial charge >= 0.3 is 0 Å². The lowest BCUT2D eigenvalue weighted by atomic mass is 9.93. The van der Waals surface area contributed by atoms with E-state index in [2.05, 4.69) is 0 Å². The fourth-order valence-electron chi connectivity index (χ4n) is 2.57. The van der Waals surface area contributed by atoms with Gasteiger partial charge in [0.2, 0.25) is 0 Å². The number of ether oxygens (including phenoxy) is 1. The molecule has 2 N–H and O–H groups in total. The molecule has 0 aliphatic carbocycles. The third kappa shape index (κ3) is 2.23. The van der Waals surface area contributed by atoms with Crippen molar-refractivity contribution in [2.75, 3.05) is 0 Å². The lowest BCUT2D eigenvalue weighted by Crippen LogP contribution is -2.21. The van der Waals surface area contributed by atoms with E-state index in [9.17, 15) is 15.0 Å².